The normalized spacial score (nSPS) is 10.9. The summed E-state index contributed by atoms with van der Waals surface area (Å²) in [4.78, 5) is 2.02. The quantitative estimate of drug-likeness (QED) is 0.770. The van der Waals surface area contributed by atoms with Gasteiger partial charge in [-0.25, -0.2) is 3.63 Å². The minimum atomic E-state index is 0.271. The Balaban J connectivity index is 2.09. The van der Waals surface area contributed by atoms with E-state index in [1.165, 1.54) is 24.1 Å². The van der Waals surface area contributed by atoms with E-state index < -0.39 is 0 Å². The second-order valence-electron chi connectivity index (χ2n) is 5.05. The Morgan fingerprint density at radius 2 is 0.952 bits per heavy atom. The van der Waals surface area contributed by atoms with Gasteiger partial charge in [-0.05, 0) is 74.2 Å². The molecule has 0 saturated carbocycles. The maximum atomic E-state index is 9.54. The van der Waals surface area contributed by atoms with Crippen LogP contribution in [0.1, 0.15) is 22.3 Å². The third-order valence-corrected chi connectivity index (χ3v) is 5.29. The largest absolute Gasteiger partial charge is 0.508 e. The lowest BCUT2D eigenvalue weighted by Gasteiger charge is -2.11. The number of aryl methyl sites for hydroxylation is 4. The Morgan fingerprint density at radius 1 is 0.667 bits per heavy atom. The van der Waals surface area contributed by atoms with Crippen LogP contribution in [0.4, 0.5) is 0 Å². The van der Waals surface area contributed by atoms with E-state index in [0.29, 0.717) is 0 Å². The van der Waals surface area contributed by atoms with E-state index in [-0.39, 0.29) is 11.5 Å². The van der Waals surface area contributed by atoms with Crippen LogP contribution in [0, 0.1) is 27.7 Å². The zero-order chi connectivity index (χ0) is 15.6. The van der Waals surface area contributed by atoms with Crippen LogP contribution in [0.2, 0.25) is 0 Å². The molecule has 0 bridgehead atoms. The van der Waals surface area contributed by atoms with Crippen molar-refractivity contribution in [2.45, 2.75) is 37.5 Å². The third-order valence-electron chi connectivity index (χ3n) is 3.12. The molecule has 112 valence electrons. The number of hydrogen-bond donors (Lipinski definition) is 2. The second-order valence-corrected chi connectivity index (χ2v) is 6.75. The van der Waals surface area contributed by atoms with Gasteiger partial charge in [0.1, 0.15) is 11.5 Å². The smallest absolute Gasteiger partial charge is 0.116 e. The monoisotopic (exact) mass is 322 g/mol. The first kappa shape index (κ1) is 16.1. The van der Waals surface area contributed by atoms with Crippen molar-refractivity contribution < 1.29 is 13.8 Å². The molecule has 0 unspecified atom stereocenters. The lowest BCUT2D eigenvalue weighted by molar-refractivity contribution is 0.473. The van der Waals surface area contributed by atoms with Gasteiger partial charge >= 0.3 is 0 Å². The van der Waals surface area contributed by atoms with Crippen molar-refractivity contribution in [3.63, 3.8) is 0 Å². The second kappa shape index (κ2) is 6.64. The minimum absolute atomic E-state index is 0.271. The summed E-state index contributed by atoms with van der Waals surface area (Å²) < 4.78 is 5.68. The van der Waals surface area contributed by atoms with Crippen LogP contribution in [0.5, 0.6) is 11.5 Å². The molecule has 0 spiro atoms. The summed E-state index contributed by atoms with van der Waals surface area (Å²) in [5, 5.41) is 19.1. The highest BCUT2D eigenvalue weighted by Gasteiger charge is 2.10. The van der Waals surface area contributed by atoms with Crippen LogP contribution in [-0.2, 0) is 3.63 Å². The van der Waals surface area contributed by atoms with Gasteiger partial charge in [-0.2, -0.15) is 0 Å². The summed E-state index contributed by atoms with van der Waals surface area (Å²) in [6, 6.07) is 6.89. The Bertz CT molecular complexity index is 565. The van der Waals surface area contributed by atoms with E-state index in [2.05, 4.69) is 0 Å². The van der Waals surface area contributed by atoms with Crippen LogP contribution < -0.4 is 0 Å². The Labute approximate surface area is 133 Å². The summed E-state index contributed by atoms with van der Waals surface area (Å²) in [6.07, 6.45) is 0. The van der Waals surface area contributed by atoms with Crippen LogP contribution in [0.15, 0.2) is 34.1 Å². The molecule has 0 amide bonds. The molecule has 0 heterocycles. The number of aromatic hydroxyl groups is 2. The average Bonchev–Trinajstić information content (AvgIpc) is 2.34. The molecule has 0 saturated heterocycles. The summed E-state index contributed by atoms with van der Waals surface area (Å²) in [5.74, 6) is 0.541. The molecule has 0 fully saturated rings. The van der Waals surface area contributed by atoms with Gasteiger partial charge in [0.05, 0.1) is 0 Å². The molecule has 21 heavy (non-hydrogen) atoms. The fourth-order valence-corrected chi connectivity index (χ4v) is 3.64. The molecule has 2 aromatic rings. The number of rotatable bonds is 4. The van der Waals surface area contributed by atoms with Crippen LogP contribution >= 0.6 is 24.1 Å². The molecule has 2 aromatic carbocycles. The van der Waals surface area contributed by atoms with E-state index in [0.717, 1.165) is 32.0 Å². The Morgan fingerprint density at radius 3 is 1.24 bits per heavy atom. The maximum absolute atomic E-state index is 9.54. The highest BCUT2D eigenvalue weighted by molar-refractivity contribution is 8.08. The highest BCUT2D eigenvalue weighted by atomic mass is 32.2. The van der Waals surface area contributed by atoms with E-state index in [1.807, 2.05) is 27.7 Å². The summed E-state index contributed by atoms with van der Waals surface area (Å²) in [5.41, 5.74) is 3.93. The van der Waals surface area contributed by atoms with Crippen LogP contribution in [0.25, 0.3) is 0 Å². The number of phenols is 2. The summed E-state index contributed by atoms with van der Waals surface area (Å²) >= 11 is 2.58. The van der Waals surface area contributed by atoms with Gasteiger partial charge in [0.2, 0.25) is 0 Å². The van der Waals surface area contributed by atoms with Gasteiger partial charge in [-0.3, -0.25) is 0 Å². The van der Waals surface area contributed by atoms with Gasteiger partial charge in [-0.15, -0.1) is 0 Å². The highest BCUT2D eigenvalue weighted by Crippen LogP contribution is 2.38. The van der Waals surface area contributed by atoms with Gasteiger partial charge in [0.15, 0.2) is 0 Å². The molecule has 2 rings (SSSR count). The number of benzene rings is 2. The average molecular weight is 322 g/mol. The molecular weight excluding hydrogens is 304 g/mol. The summed E-state index contributed by atoms with van der Waals surface area (Å²) in [7, 11) is 0. The molecule has 0 aliphatic heterocycles. The lowest BCUT2D eigenvalue weighted by atomic mass is 10.1. The van der Waals surface area contributed by atoms with Crippen molar-refractivity contribution in [2.24, 2.45) is 0 Å². The molecule has 3 nitrogen and oxygen atoms in total. The van der Waals surface area contributed by atoms with Gasteiger partial charge in [0, 0.05) is 33.9 Å². The predicted octanol–water partition coefficient (Wildman–Crippen LogP) is 5.06. The first-order valence-corrected chi connectivity index (χ1v) is 7.98. The molecule has 5 heteroatoms. The number of hydrogen-bond acceptors (Lipinski definition) is 5. The lowest BCUT2D eigenvalue weighted by Crippen LogP contribution is -1.87. The Hall–Kier alpha value is -1.30. The van der Waals surface area contributed by atoms with Crippen molar-refractivity contribution in [3.8, 4) is 11.5 Å². The predicted molar refractivity (Wildman–Crippen MR) is 88.0 cm³/mol. The summed E-state index contributed by atoms with van der Waals surface area (Å²) in [6.45, 7) is 7.78. The van der Waals surface area contributed by atoms with Gasteiger partial charge in [0.25, 0.3) is 0 Å². The van der Waals surface area contributed by atoms with Crippen molar-refractivity contribution >= 4 is 24.1 Å². The molecule has 2 N–H and O–H groups in total. The minimum Gasteiger partial charge on any atom is -0.508 e. The molecule has 0 aliphatic rings. The van der Waals surface area contributed by atoms with Crippen LogP contribution in [-0.4, -0.2) is 10.2 Å². The third kappa shape index (κ3) is 3.87. The van der Waals surface area contributed by atoms with Gasteiger partial charge < -0.3 is 10.2 Å². The van der Waals surface area contributed by atoms with Crippen molar-refractivity contribution in [3.05, 3.63) is 46.5 Å². The molecule has 0 radical (unpaired) electrons. The number of phenolic OH excluding ortho intramolecular Hbond substituents is 2. The Kier molecular flexibility index (Phi) is 5.08. The van der Waals surface area contributed by atoms with E-state index >= 15 is 0 Å². The molecular formula is C16H18O3S2. The first-order chi connectivity index (χ1) is 9.88. The standard InChI is InChI=1S/C16H18O3S2/c1-9-5-13(17)6-10(2)15(9)20-19-21-16-11(3)7-14(18)8-12(16)4/h5-8,17-18H,1-4H3. The maximum Gasteiger partial charge on any atom is 0.116 e. The topological polar surface area (TPSA) is 49.7 Å². The molecule has 0 atom stereocenters. The van der Waals surface area contributed by atoms with Crippen molar-refractivity contribution in [1.29, 1.82) is 0 Å². The van der Waals surface area contributed by atoms with Crippen LogP contribution in [0.3, 0.4) is 0 Å². The fourth-order valence-electron chi connectivity index (χ4n) is 2.20. The van der Waals surface area contributed by atoms with Crippen molar-refractivity contribution in [2.75, 3.05) is 0 Å². The first-order valence-electron chi connectivity index (χ1n) is 6.50. The fraction of sp³-hybridized carbons (Fsp3) is 0.250. The van der Waals surface area contributed by atoms with E-state index in [4.69, 9.17) is 3.63 Å². The zero-order valence-corrected chi connectivity index (χ0v) is 14.1. The van der Waals surface area contributed by atoms with Gasteiger partial charge in [-0.1, -0.05) is 0 Å². The molecule has 0 aromatic heterocycles. The molecule has 0 aliphatic carbocycles. The van der Waals surface area contributed by atoms with E-state index in [1.54, 1.807) is 24.3 Å². The zero-order valence-electron chi connectivity index (χ0n) is 12.4. The SMILES string of the molecule is Cc1cc(O)cc(C)c1SOSc1c(C)cc(O)cc1C. The van der Waals surface area contributed by atoms with Crippen molar-refractivity contribution in [1.82, 2.24) is 0 Å². The van der Waals surface area contributed by atoms with E-state index in [9.17, 15) is 10.2 Å².